The largest absolute Gasteiger partial charge is 0.458 e. The molecule has 0 aliphatic heterocycles. The second kappa shape index (κ2) is 7.61. The van der Waals surface area contributed by atoms with Gasteiger partial charge in [-0.2, -0.15) is 0 Å². The van der Waals surface area contributed by atoms with Gasteiger partial charge in [-0.05, 0) is 24.6 Å². The van der Waals surface area contributed by atoms with Crippen LogP contribution in [-0.2, 0) is 6.54 Å². The van der Waals surface area contributed by atoms with Gasteiger partial charge < -0.3 is 4.74 Å². The van der Waals surface area contributed by atoms with Crippen LogP contribution < -0.4 is 10.5 Å². The molecule has 0 saturated carbocycles. The Morgan fingerprint density at radius 3 is 2.36 bits per heavy atom. The maximum absolute atomic E-state index is 5.71. The SMILES string of the molecule is CC.CC(N)Oc1nn(Cc2ccccc2)c2ccccc12. The molecule has 2 N–H and O–H groups in total. The van der Waals surface area contributed by atoms with E-state index in [4.69, 9.17) is 10.5 Å². The molecule has 0 radical (unpaired) electrons. The Kier molecular flexibility index (Phi) is 5.55. The van der Waals surface area contributed by atoms with Crippen molar-refractivity contribution >= 4 is 10.9 Å². The van der Waals surface area contributed by atoms with Gasteiger partial charge in [-0.25, -0.2) is 0 Å². The Balaban J connectivity index is 0.000000847. The van der Waals surface area contributed by atoms with Crippen molar-refractivity contribution in [2.75, 3.05) is 0 Å². The number of hydrogen-bond acceptors (Lipinski definition) is 3. The quantitative estimate of drug-likeness (QED) is 0.745. The summed E-state index contributed by atoms with van der Waals surface area (Å²) in [6, 6.07) is 18.3. The molecule has 0 spiro atoms. The molecule has 0 saturated heterocycles. The van der Waals surface area contributed by atoms with Gasteiger partial charge in [0.05, 0.1) is 17.4 Å². The van der Waals surface area contributed by atoms with E-state index in [1.165, 1.54) is 5.56 Å². The third-order valence-electron chi connectivity index (χ3n) is 3.10. The van der Waals surface area contributed by atoms with E-state index >= 15 is 0 Å². The molecule has 0 fully saturated rings. The van der Waals surface area contributed by atoms with Crippen molar-refractivity contribution in [1.82, 2.24) is 9.78 Å². The summed E-state index contributed by atoms with van der Waals surface area (Å²) in [5.74, 6) is 0.589. The highest BCUT2D eigenvalue weighted by molar-refractivity contribution is 5.84. The normalized spacial score (nSPS) is 11.6. The van der Waals surface area contributed by atoms with Crippen LogP contribution >= 0.6 is 0 Å². The molecule has 1 unspecified atom stereocenters. The zero-order valence-corrected chi connectivity index (χ0v) is 13.4. The molecule has 0 amide bonds. The highest BCUT2D eigenvalue weighted by Gasteiger charge is 2.12. The molecule has 1 heterocycles. The smallest absolute Gasteiger partial charge is 0.242 e. The average Bonchev–Trinajstić information content (AvgIpc) is 2.88. The lowest BCUT2D eigenvalue weighted by Crippen LogP contribution is -2.22. The van der Waals surface area contributed by atoms with E-state index in [1.807, 2.05) is 61.0 Å². The van der Waals surface area contributed by atoms with Crippen molar-refractivity contribution in [3.8, 4) is 5.88 Å². The van der Waals surface area contributed by atoms with Gasteiger partial charge >= 0.3 is 0 Å². The molecule has 0 bridgehead atoms. The Morgan fingerprint density at radius 1 is 1.05 bits per heavy atom. The Bertz CT molecular complexity index is 705. The second-order valence-corrected chi connectivity index (χ2v) is 4.79. The fraction of sp³-hybridized carbons (Fsp3) is 0.278. The van der Waals surface area contributed by atoms with Gasteiger partial charge in [0.2, 0.25) is 5.88 Å². The molecule has 1 atom stereocenters. The number of para-hydroxylation sites is 1. The van der Waals surface area contributed by atoms with E-state index in [1.54, 1.807) is 6.92 Å². The number of ether oxygens (including phenoxy) is 1. The molecule has 0 aliphatic rings. The highest BCUT2D eigenvalue weighted by Crippen LogP contribution is 2.25. The van der Waals surface area contributed by atoms with Crippen molar-refractivity contribution in [3.05, 3.63) is 60.2 Å². The number of aromatic nitrogens is 2. The van der Waals surface area contributed by atoms with Gasteiger partial charge in [0.15, 0.2) is 0 Å². The first-order valence-electron chi connectivity index (χ1n) is 7.66. The average molecular weight is 297 g/mol. The molecule has 22 heavy (non-hydrogen) atoms. The Morgan fingerprint density at radius 2 is 1.68 bits per heavy atom. The van der Waals surface area contributed by atoms with Crippen LogP contribution in [0.4, 0.5) is 0 Å². The fourth-order valence-corrected chi connectivity index (χ4v) is 2.24. The number of nitrogens with two attached hydrogens (primary N) is 1. The molecule has 4 heteroatoms. The summed E-state index contributed by atoms with van der Waals surface area (Å²) in [6.45, 7) is 6.51. The number of benzene rings is 2. The van der Waals surface area contributed by atoms with E-state index in [2.05, 4.69) is 17.2 Å². The van der Waals surface area contributed by atoms with Crippen LogP contribution in [-0.4, -0.2) is 16.0 Å². The highest BCUT2D eigenvalue weighted by atomic mass is 16.5. The van der Waals surface area contributed by atoms with Crippen LogP contribution in [0.25, 0.3) is 10.9 Å². The molecule has 3 aromatic rings. The first-order valence-corrected chi connectivity index (χ1v) is 7.66. The van der Waals surface area contributed by atoms with Gasteiger partial charge in [-0.1, -0.05) is 56.3 Å². The van der Waals surface area contributed by atoms with Crippen molar-refractivity contribution in [2.24, 2.45) is 5.73 Å². The Labute approximate surface area is 131 Å². The van der Waals surface area contributed by atoms with E-state index < -0.39 is 0 Å². The van der Waals surface area contributed by atoms with Crippen molar-refractivity contribution in [2.45, 2.75) is 33.5 Å². The minimum atomic E-state index is -0.376. The molecule has 0 aliphatic carbocycles. The fourth-order valence-electron chi connectivity index (χ4n) is 2.24. The van der Waals surface area contributed by atoms with E-state index in [-0.39, 0.29) is 6.23 Å². The van der Waals surface area contributed by atoms with Crippen molar-refractivity contribution in [3.63, 3.8) is 0 Å². The number of nitrogens with zero attached hydrogens (tertiary/aromatic N) is 2. The summed E-state index contributed by atoms with van der Waals surface area (Å²) in [5.41, 5.74) is 7.96. The number of fused-ring (bicyclic) bond motifs is 1. The molecule has 1 aromatic heterocycles. The summed E-state index contributed by atoms with van der Waals surface area (Å²) in [6.07, 6.45) is -0.376. The zero-order valence-electron chi connectivity index (χ0n) is 13.4. The molecule has 2 aromatic carbocycles. The van der Waals surface area contributed by atoms with Gasteiger partial charge in [-0.15, -0.1) is 5.10 Å². The van der Waals surface area contributed by atoms with E-state index in [0.717, 1.165) is 10.9 Å². The molecule has 3 rings (SSSR count). The van der Waals surface area contributed by atoms with Crippen molar-refractivity contribution in [1.29, 1.82) is 0 Å². The third kappa shape index (κ3) is 3.65. The van der Waals surface area contributed by atoms with Crippen LogP contribution in [0, 0.1) is 0 Å². The van der Waals surface area contributed by atoms with Crippen LogP contribution in [0.15, 0.2) is 54.6 Å². The molecular weight excluding hydrogens is 274 g/mol. The van der Waals surface area contributed by atoms with Crippen LogP contribution in [0.3, 0.4) is 0 Å². The van der Waals surface area contributed by atoms with E-state index in [9.17, 15) is 0 Å². The summed E-state index contributed by atoms with van der Waals surface area (Å²) < 4.78 is 7.54. The summed E-state index contributed by atoms with van der Waals surface area (Å²) >= 11 is 0. The van der Waals surface area contributed by atoms with E-state index in [0.29, 0.717) is 12.4 Å². The van der Waals surface area contributed by atoms with Gasteiger partial charge in [0.1, 0.15) is 6.23 Å². The van der Waals surface area contributed by atoms with Crippen LogP contribution in [0.2, 0.25) is 0 Å². The predicted octanol–water partition coefficient (Wildman–Crippen LogP) is 3.79. The summed E-state index contributed by atoms with van der Waals surface area (Å²) in [7, 11) is 0. The van der Waals surface area contributed by atoms with Crippen LogP contribution in [0.1, 0.15) is 26.3 Å². The lowest BCUT2D eigenvalue weighted by atomic mass is 10.2. The predicted molar refractivity (Wildman–Crippen MR) is 90.9 cm³/mol. The first kappa shape index (κ1) is 16.0. The minimum Gasteiger partial charge on any atom is -0.458 e. The summed E-state index contributed by atoms with van der Waals surface area (Å²) in [4.78, 5) is 0. The second-order valence-electron chi connectivity index (χ2n) is 4.79. The lowest BCUT2D eigenvalue weighted by Gasteiger charge is -2.06. The van der Waals surface area contributed by atoms with Gasteiger partial charge in [0.25, 0.3) is 0 Å². The van der Waals surface area contributed by atoms with Crippen LogP contribution in [0.5, 0.6) is 5.88 Å². The number of rotatable bonds is 4. The maximum atomic E-state index is 5.71. The number of hydrogen-bond donors (Lipinski definition) is 1. The lowest BCUT2D eigenvalue weighted by molar-refractivity contribution is 0.221. The zero-order chi connectivity index (χ0) is 15.9. The standard InChI is InChI=1S/C16H17N3O.C2H6/c1-12(17)20-16-14-9-5-6-10-15(14)19(18-16)11-13-7-3-2-4-8-13;1-2/h2-10,12H,11,17H2,1H3;1-2H3. The molecule has 4 nitrogen and oxygen atoms in total. The molecule has 116 valence electrons. The van der Waals surface area contributed by atoms with Gasteiger partial charge in [-0.3, -0.25) is 10.4 Å². The minimum absolute atomic E-state index is 0.376. The Hall–Kier alpha value is -2.33. The topological polar surface area (TPSA) is 53.1 Å². The summed E-state index contributed by atoms with van der Waals surface area (Å²) in [5, 5.41) is 5.53. The molecular formula is C18H23N3O. The van der Waals surface area contributed by atoms with Crippen molar-refractivity contribution < 1.29 is 4.74 Å². The third-order valence-corrected chi connectivity index (χ3v) is 3.10. The monoisotopic (exact) mass is 297 g/mol. The van der Waals surface area contributed by atoms with Gasteiger partial charge in [0, 0.05) is 0 Å². The maximum Gasteiger partial charge on any atom is 0.242 e. The first-order chi connectivity index (χ1) is 10.7.